The molecule has 0 heterocycles. The second-order valence-electron chi connectivity index (χ2n) is 2.89. The molecule has 13 heavy (non-hydrogen) atoms. The highest BCUT2D eigenvalue weighted by molar-refractivity contribution is 8.06. The molecule has 0 aromatic heterocycles. The van der Waals surface area contributed by atoms with Gasteiger partial charge in [0.25, 0.3) is 0 Å². The molecule has 0 amide bonds. The normalized spacial score (nSPS) is 10.0. The summed E-state index contributed by atoms with van der Waals surface area (Å²) in [6, 6.07) is 0. The highest BCUT2D eigenvalue weighted by Gasteiger charge is 1.98. The monoisotopic (exact) mass is 200 g/mol. The van der Waals surface area contributed by atoms with Crippen LogP contribution in [0.4, 0.5) is 0 Å². The smallest absolute Gasteiger partial charge is 0.000641 e. The van der Waals surface area contributed by atoms with Crippen LogP contribution in [-0.4, -0.2) is 27.2 Å². The zero-order chi connectivity index (χ0) is 10.1. The molecular weight excluding hydrogens is 180 g/mol. The molecule has 76 valence electrons. The Morgan fingerprint density at radius 1 is 1.00 bits per heavy atom. The zero-order valence-electron chi connectivity index (χ0n) is 8.65. The molecule has 0 unspecified atom stereocenters. The summed E-state index contributed by atoms with van der Waals surface area (Å²) in [5, 5.41) is 6.20. The van der Waals surface area contributed by atoms with Crippen molar-refractivity contribution in [3.05, 3.63) is 23.0 Å². The second kappa shape index (κ2) is 8.35. The lowest BCUT2D eigenvalue weighted by Gasteiger charge is -2.07. The maximum Gasteiger partial charge on any atom is -0.000641 e. The van der Waals surface area contributed by atoms with Gasteiger partial charge in [0.1, 0.15) is 0 Å². The van der Waals surface area contributed by atoms with Crippen LogP contribution in [-0.2, 0) is 0 Å². The minimum absolute atomic E-state index is 0.991. The van der Waals surface area contributed by atoms with Crippen LogP contribution in [0.15, 0.2) is 23.0 Å². The Bertz CT molecular complexity index is 148. The highest BCUT2D eigenvalue weighted by Crippen LogP contribution is 2.26. The minimum atomic E-state index is 0.991. The van der Waals surface area contributed by atoms with Crippen molar-refractivity contribution in [2.75, 3.05) is 27.2 Å². The molecule has 0 radical (unpaired) electrons. The lowest BCUT2D eigenvalue weighted by molar-refractivity contribution is 0.799. The summed E-state index contributed by atoms with van der Waals surface area (Å²) in [5.74, 6) is 0. The molecule has 0 fully saturated rings. The molecule has 0 rings (SSSR count). The first-order valence-corrected chi connectivity index (χ1v) is 5.35. The third-order valence-corrected chi connectivity index (χ3v) is 2.58. The maximum atomic E-state index is 3.98. The van der Waals surface area contributed by atoms with E-state index in [4.69, 9.17) is 0 Å². The molecule has 0 aromatic rings. The molecule has 0 aromatic carbocycles. The Hall–Kier alpha value is -0.250. The zero-order valence-corrected chi connectivity index (χ0v) is 9.47. The Labute approximate surface area is 85.9 Å². The van der Waals surface area contributed by atoms with Gasteiger partial charge in [0.05, 0.1) is 0 Å². The van der Waals surface area contributed by atoms with Gasteiger partial charge < -0.3 is 10.6 Å². The van der Waals surface area contributed by atoms with Gasteiger partial charge in [-0.05, 0) is 49.8 Å². The van der Waals surface area contributed by atoms with E-state index < -0.39 is 0 Å². The van der Waals surface area contributed by atoms with Crippen molar-refractivity contribution < 1.29 is 0 Å². The van der Waals surface area contributed by atoms with Gasteiger partial charge in [0.15, 0.2) is 0 Å². The summed E-state index contributed by atoms with van der Waals surface area (Å²) < 4.78 is 0. The molecule has 2 nitrogen and oxygen atoms in total. The van der Waals surface area contributed by atoms with E-state index in [0.29, 0.717) is 0 Å². The van der Waals surface area contributed by atoms with Crippen molar-refractivity contribution >= 4 is 11.8 Å². The standard InChI is InChI=1S/C10H20N2S/c1-9(5-7-11-3)13-10(2)6-8-12-4/h11-12H,1-2,5-8H2,3-4H3. The quantitative estimate of drug-likeness (QED) is 0.626. The second-order valence-corrected chi connectivity index (χ2v) is 4.25. The summed E-state index contributed by atoms with van der Waals surface area (Å²) in [7, 11) is 3.90. The molecule has 0 spiro atoms. The van der Waals surface area contributed by atoms with Gasteiger partial charge in [-0.3, -0.25) is 0 Å². The van der Waals surface area contributed by atoms with Gasteiger partial charge >= 0.3 is 0 Å². The fourth-order valence-corrected chi connectivity index (χ4v) is 1.65. The summed E-state index contributed by atoms with van der Waals surface area (Å²) in [6.07, 6.45) is 2.03. The largest absolute Gasteiger partial charge is 0.319 e. The average molecular weight is 200 g/mol. The van der Waals surface area contributed by atoms with Gasteiger partial charge in [-0.2, -0.15) is 0 Å². The Balaban J connectivity index is 3.47. The lowest BCUT2D eigenvalue weighted by Crippen LogP contribution is -2.08. The van der Waals surface area contributed by atoms with E-state index in [1.54, 1.807) is 11.8 Å². The van der Waals surface area contributed by atoms with Crippen molar-refractivity contribution in [3.8, 4) is 0 Å². The molecular formula is C10H20N2S. The van der Waals surface area contributed by atoms with Crippen LogP contribution in [0, 0.1) is 0 Å². The molecule has 0 aliphatic rings. The number of nitrogens with one attached hydrogen (secondary N) is 2. The average Bonchev–Trinajstić information content (AvgIpc) is 2.11. The van der Waals surface area contributed by atoms with E-state index in [2.05, 4.69) is 23.8 Å². The highest BCUT2D eigenvalue weighted by atomic mass is 32.2. The molecule has 0 bridgehead atoms. The van der Waals surface area contributed by atoms with Gasteiger partial charge in [-0.15, -0.1) is 11.8 Å². The molecule has 0 aliphatic carbocycles. The Kier molecular flexibility index (Phi) is 8.19. The van der Waals surface area contributed by atoms with E-state index in [0.717, 1.165) is 25.9 Å². The first kappa shape index (κ1) is 12.8. The van der Waals surface area contributed by atoms with Crippen LogP contribution < -0.4 is 10.6 Å². The van der Waals surface area contributed by atoms with Crippen LogP contribution in [0.2, 0.25) is 0 Å². The van der Waals surface area contributed by atoms with Gasteiger partial charge in [0.2, 0.25) is 0 Å². The van der Waals surface area contributed by atoms with Crippen LogP contribution in [0.1, 0.15) is 12.8 Å². The third-order valence-electron chi connectivity index (χ3n) is 1.60. The van der Waals surface area contributed by atoms with E-state index in [9.17, 15) is 0 Å². The number of hydrogen-bond acceptors (Lipinski definition) is 3. The fourth-order valence-electron chi connectivity index (χ4n) is 0.835. The van der Waals surface area contributed by atoms with Crippen LogP contribution in [0.3, 0.4) is 0 Å². The molecule has 3 heteroatoms. The van der Waals surface area contributed by atoms with Gasteiger partial charge in [-0.1, -0.05) is 13.2 Å². The Morgan fingerprint density at radius 2 is 1.38 bits per heavy atom. The van der Waals surface area contributed by atoms with Crippen molar-refractivity contribution in [2.45, 2.75) is 12.8 Å². The van der Waals surface area contributed by atoms with Crippen molar-refractivity contribution in [1.29, 1.82) is 0 Å². The number of rotatable bonds is 8. The van der Waals surface area contributed by atoms with Crippen molar-refractivity contribution in [2.24, 2.45) is 0 Å². The molecule has 2 N–H and O–H groups in total. The number of thioether (sulfide) groups is 1. The number of hydrogen-bond donors (Lipinski definition) is 2. The maximum absolute atomic E-state index is 3.98. The van der Waals surface area contributed by atoms with E-state index in [1.807, 2.05) is 14.1 Å². The summed E-state index contributed by atoms with van der Waals surface area (Å²) in [4.78, 5) is 2.38. The molecule has 0 saturated heterocycles. The SMILES string of the molecule is C=C(CCNC)SC(=C)CCNC. The van der Waals surface area contributed by atoms with Crippen LogP contribution >= 0.6 is 11.8 Å². The summed E-state index contributed by atoms with van der Waals surface area (Å²) >= 11 is 1.71. The predicted octanol–water partition coefficient (Wildman–Crippen LogP) is 1.97. The van der Waals surface area contributed by atoms with Crippen molar-refractivity contribution in [1.82, 2.24) is 10.6 Å². The minimum Gasteiger partial charge on any atom is -0.319 e. The van der Waals surface area contributed by atoms with Crippen LogP contribution in [0.25, 0.3) is 0 Å². The molecule has 0 aliphatic heterocycles. The van der Waals surface area contributed by atoms with Crippen LogP contribution in [0.5, 0.6) is 0 Å². The summed E-state index contributed by atoms with van der Waals surface area (Å²) in [6.45, 7) is 9.95. The predicted molar refractivity (Wildman–Crippen MR) is 63.0 cm³/mol. The fraction of sp³-hybridized carbons (Fsp3) is 0.600. The van der Waals surface area contributed by atoms with Crippen molar-refractivity contribution in [3.63, 3.8) is 0 Å². The topological polar surface area (TPSA) is 24.1 Å². The van der Waals surface area contributed by atoms with Gasteiger partial charge in [-0.25, -0.2) is 0 Å². The first-order chi connectivity index (χ1) is 6.20. The first-order valence-electron chi connectivity index (χ1n) is 4.53. The third kappa shape index (κ3) is 8.09. The summed E-state index contributed by atoms with van der Waals surface area (Å²) in [5.41, 5.74) is 0. The van der Waals surface area contributed by atoms with E-state index in [1.165, 1.54) is 9.81 Å². The van der Waals surface area contributed by atoms with Gasteiger partial charge in [0, 0.05) is 0 Å². The molecule has 0 saturated carbocycles. The molecule has 0 atom stereocenters. The van der Waals surface area contributed by atoms with E-state index in [-0.39, 0.29) is 0 Å². The lowest BCUT2D eigenvalue weighted by atomic mass is 10.4. The Morgan fingerprint density at radius 3 is 1.69 bits per heavy atom. The van der Waals surface area contributed by atoms with E-state index >= 15 is 0 Å².